The Labute approximate surface area is 101 Å². The first-order chi connectivity index (χ1) is 7.84. The van der Waals surface area contributed by atoms with Crippen LogP contribution in [0.4, 0.5) is 11.4 Å². The summed E-state index contributed by atoms with van der Waals surface area (Å²) < 4.78 is 5.12. The van der Waals surface area contributed by atoms with Crippen molar-refractivity contribution < 1.29 is 9.53 Å². The molecule has 1 amide bonds. The van der Waals surface area contributed by atoms with Crippen LogP contribution in [0, 0.1) is 0 Å². The van der Waals surface area contributed by atoms with Crippen molar-refractivity contribution in [3.8, 4) is 5.75 Å². The van der Waals surface area contributed by atoms with Crippen LogP contribution in [0.15, 0.2) is 18.2 Å². The highest BCUT2D eigenvalue weighted by atomic mass is 16.5. The Hall–Kier alpha value is -1.91. The summed E-state index contributed by atoms with van der Waals surface area (Å²) in [7, 11) is 1.56. The molecule has 94 valence electrons. The van der Waals surface area contributed by atoms with E-state index in [0.717, 1.165) is 5.69 Å². The Balaban J connectivity index is 2.84. The minimum Gasteiger partial charge on any atom is -0.495 e. The summed E-state index contributed by atoms with van der Waals surface area (Å²) >= 11 is 0. The van der Waals surface area contributed by atoms with Crippen molar-refractivity contribution in [2.24, 2.45) is 5.73 Å². The minimum absolute atomic E-state index is 0.250. The van der Waals surface area contributed by atoms with E-state index >= 15 is 0 Å². The predicted octanol–water partition coefficient (Wildman–Crippen LogP) is 1.34. The third-order valence-corrected chi connectivity index (χ3v) is 2.33. The number of anilines is 2. The molecule has 5 heteroatoms. The van der Waals surface area contributed by atoms with Crippen LogP contribution in [0.25, 0.3) is 0 Å². The first-order valence-corrected chi connectivity index (χ1v) is 5.34. The Bertz CT molecular complexity index is 416. The molecule has 1 aromatic carbocycles. The summed E-state index contributed by atoms with van der Waals surface area (Å²) in [6.07, 6.45) is 0.250. The monoisotopic (exact) mass is 237 g/mol. The summed E-state index contributed by atoms with van der Waals surface area (Å²) in [4.78, 5) is 10.9. The molecule has 0 bridgehead atoms. The molecular weight excluding hydrogens is 218 g/mol. The average Bonchev–Trinajstić information content (AvgIpc) is 2.18. The molecule has 17 heavy (non-hydrogen) atoms. The number of benzene rings is 1. The van der Waals surface area contributed by atoms with Gasteiger partial charge >= 0.3 is 0 Å². The molecule has 0 radical (unpaired) electrons. The minimum atomic E-state index is -0.410. The zero-order valence-corrected chi connectivity index (χ0v) is 10.4. The molecule has 5 nitrogen and oxygen atoms in total. The van der Waals surface area contributed by atoms with Gasteiger partial charge in [-0.3, -0.25) is 4.79 Å². The second-order valence-electron chi connectivity index (χ2n) is 4.61. The molecule has 1 aromatic rings. The van der Waals surface area contributed by atoms with Gasteiger partial charge in [0.2, 0.25) is 5.91 Å². The van der Waals surface area contributed by atoms with Crippen LogP contribution in [0.5, 0.6) is 5.75 Å². The van der Waals surface area contributed by atoms with Gasteiger partial charge in [-0.1, -0.05) is 0 Å². The highest BCUT2D eigenvalue weighted by Gasteiger charge is 2.20. The number of ether oxygens (including phenoxy) is 1. The molecule has 0 aliphatic carbocycles. The second-order valence-corrected chi connectivity index (χ2v) is 4.61. The van der Waals surface area contributed by atoms with Crippen LogP contribution >= 0.6 is 0 Å². The number of hydrogen-bond donors (Lipinski definition) is 3. The molecule has 0 fully saturated rings. The summed E-state index contributed by atoms with van der Waals surface area (Å²) in [6.45, 7) is 3.81. The van der Waals surface area contributed by atoms with Crippen LogP contribution in [0.3, 0.4) is 0 Å². The number of hydrogen-bond acceptors (Lipinski definition) is 4. The zero-order valence-electron chi connectivity index (χ0n) is 10.4. The Morgan fingerprint density at radius 3 is 2.65 bits per heavy atom. The number of nitrogens with two attached hydrogens (primary N) is 2. The van der Waals surface area contributed by atoms with Crippen molar-refractivity contribution in [2.45, 2.75) is 25.8 Å². The summed E-state index contributed by atoms with van der Waals surface area (Å²) in [6, 6.07) is 5.38. The lowest BCUT2D eigenvalue weighted by molar-refractivity contribution is -0.118. The molecule has 0 aliphatic rings. The first-order valence-electron chi connectivity index (χ1n) is 5.34. The molecular formula is C12H19N3O2. The van der Waals surface area contributed by atoms with Crippen molar-refractivity contribution in [1.82, 2.24) is 0 Å². The van der Waals surface area contributed by atoms with Crippen LogP contribution in [-0.2, 0) is 4.79 Å². The van der Waals surface area contributed by atoms with Gasteiger partial charge in [-0.15, -0.1) is 0 Å². The zero-order chi connectivity index (χ0) is 13.1. The van der Waals surface area contributed by atoms with E-state index in [9.17, 15) is 4.79 Å². The second kappa shape index (κ2) is 4.95. The van der Waals surface area contributed by atoms with Gasteiger partial charge in [0.25, 0.3) is 0 Å². The normalized spacial score (nSPS) is 11.0. The van der Waals surface area contributed by atoms with E-state index in [2.05, 4.69) is 5.32 Å². The fourth-order valence-electron chi connectivity index (χ4n) is 1.66. The SMILES string of the molecule is COc1cc(NC(C)(C)CC(N)=O)ccc1N. The van der Waals surface area contributed by atoms with E-state index in [1.807, 2.05) is 19.9 Å². The number of amides is 1. The number of carbonyl (C=O) groups excluding carboxylic acids is 1. The van der Waals surface area contributed by atoms with Crippen LogP contribution in [-0.4, -0.2) is 18.6 Å². The lowest BCUT2D eigenvalue weighted by Gasteiger charge is -2.26. The van der Waals surface area contributed by atoms with Crippen LogP contribution in [0.2, 0.25) is 0 Å². The number of primary amides is 1. The number of methoxy groups -OCH3 is 1. The van der Waals surface area contributed by atoms with E-state index in [0.29, 0.717) is 11.4 Å². The topological polar surface area (TPSA) is 90.4 Å². The molecule has 0 saturated heterocycles. The lowest BCUT2D eigenvalue weighted by Crippen LogP contribution is -2.35. The molecule has 0 atom stereocenters. The fraction of sp³-hybridized carbons (Fsp3) is 0.417. The third kappa shape index (κ3) is 3.86. The third-order valence-electron chi connectivity index (χ3n) is 2.33. The van der Waals surface area contributed by atoms with E-state index in [-0.39, 0.29) is 12.3 Å². The molecule has 0 aliphatic heterocycles. The first kappa shape index (κ1) is 13.2. The maximum absolute atomic E-state index is 10.9. The molecule has 5 N–H and O–H groups in total. The van der Waals surface area contributed by atoms with Crippen molar-refractivity contribution in [2.75, 3.05) is 18.2 Å². The number of nitrogens with one attached hydrogen (secondary N) is 1. The van der Waals surface area contributed by atoms with Gasteiger partial charge in [-0.2, -0.15) is 0 Å². The summed E-state index contributed by atoms with van der Waals surface area (Å²) in [5.74, 6) is 0.259. The quantitative estimate of drug-likeness (QED) is 0.674. The van der Waals surface area contributed by atoms with E-state index in [4.69, 9.17) is 16.2 Å². The van der Waals surface area contributed by atoms with E-state index in [1.54, 1.807) is 19.2 Å². The average molecular weight is 237 g/mol. The van der Waals surface area contributed by atoms with Gasteiger partial charge in [-0.25, -0.2) is 0 Å². The Kier molecular flexibility index (Phi) is 3.83. The van der Waals surface area contributed by atoms with Crippen molar-refractivity contribution in [3.05, 3.63) is 18.2 Å². The largest absolute Gasteiger partial charge is 0.495 e. The van der Waals surface area contributed by atoms with Crippen molar-refractivity contribution in [3.63, 3.8) is 0 Å². The van der Waals surface area contributed by atoms with Crippen LogP contribution < -0.4 is 21.5 Å². The number of carbonyl (C=O) groups is 1. The molecule has 1 rings (SSSR count). The standard InChI is InChI=1S/C12H19N3O2/c1-12(2,7-11(14)16)15-8-4-5-9(13)10(6-8)17-3/h4-6,15H,7,13H2,1-3H3,(H2,14,16). The maximum atomic E-state index is 10.9. The van der Waals surface area contributed by atoms with Crippen LogP contribution in [0.1, 0.15) is 20.3 Å². The molecule has 0 unspecified atom stereocenters. The van der Waals surface area contributed by atoms with Gasteiger partial charge in [-0.05, 0) is 26.0 Å². The smallest absolute Gasteiger partial charge is 0.219 e. The Morgan fingerprint density at radius 1 is 1.47 bits per heavy atom. The number of nitrogen functional groups attached to an aromatic ring is 1. The number of rotatable bonds is 5. The van der Waals surface area contributed by atoms with Gasteiger partial charge in [0, 0.05) is 23.7 Å². The highest BCUT2D eigenvalue weighted by molar-refractivity contribution is 5.76. The van der Waals surface area contributed by atoms with E-state index in [1.165, 1.54) is 0 Å². The molecule has 0 saturated carbocycles. The van der Waals surface area contributed by atoms with E-state index < -0.39 is 5.54 Å². The molecule has 0 aromatic heterocycles. The van der Waals surface area contributed by atoms with Crippen molar-refractivity contribution >= 4 is 17.3 Å². The van der Waals surface area contributed by atoms with Gasteiger partial charge in [0.15, 0.2) is 0 Å². The summed E-state index contributed by atoms with van der Waals surface area (Å²) in [5, 5.41) is 3.22. The Morgan fingerprint density at radius 2 is 2.12 bits per heavy atom. The van der Waals surface area contributed by atoms with Gasteiger partial charge < -0.3 is 21.5 Å². The molecule has 0 heterocycles. The fourth-order valence-corrected chi connectivity index (χ4v) is 1.66. The summed E-state index contributed by atoms with van der Waals surface area (Å²) in [5.41, 5.74) is 11.9. The maximum Gasteiger partial charge on any atom is 0.219 e. The van der Waals surface area contributed by atoms with Gasteiger partial charge in [0.05, 0.1) is 12.8 Å². The van der Waals surface area contributed by atoms with Gasteiger partial charge in [0.1, 0.15) is 5.75 Å². The highest BCUT2D eigenvalue weighted by Crippen LogP contribution is 2.27. The molecule has 0 spiro atoms. The predicted molar refractivity (Wildman–Crippen MR) is 68.9 cm³/mol. The van der Waals surface area contributed by atoms with Crippen molar-refractivity contribution in [1.29, 1.82) is 0 Å². The lowest BCUT2D eigenvalue weighted by atomic mass is 10.00.